The van der Waals surface area contributed by atoms with Gasteiger partial charge in [-0.05, 0) is 29.1 Å². The number of hydrogen-bond acceptors (Lipinski definition) is 2. The van der Waals surface area contributed by atoms with E-state index in [4.69, 9.17) is 0 Å². The number of rotatable bonds is 2. The van der Waals surface area contributed by atoms with Crippen LogP contribution >= 0.6 is 0 Å². The predicted molar refractivity (Wildman–Crippen MR) is 95.4 cm³/mol. The second-order valence-corrected chi connectivity index (χ2v) is 5.70. The molecule has 1 heterocycles. The smallest absolute Gasteiger partial charge is 0.323 e. The Hall–Kier alpha value is -3.34. The van der Waals surface area contributed by atoms with Gasteiger partial charge in [-0.2, -0.15) is 0 Å². The van der Waals surface area contributed by atoms with Crippen molar-refractivity contribution in [1.82, 2.24) is 0 Å². The molecule has 1 aliphatic rings. The van der Waals surface area contributed by atoms with E-state index in [0.29, 0.717) is 12.1 Å². The summed E-state index contributed by atoms with van der Waals surface area (Å²) in [6.07, 6.45) is 0.387. The molecule has 1 aliphatic heterocycles. The van der Waals surface area contributed by atoms with Crippen LogP contribution < -0.4 is 16.0 Å². The average molecular weight is 317 g/mol. The molecule has 5 heteroatoms. The van der Waals surface area contributed by atoms with E-state index in [-0.39, 0.29) is 11.9 Å². The van der Waals surface area contributed by atoms with Crippen molar-refractivity contribution in [3.05, 3.63) is 66.2 Å². The summed E-state index contributed by atoms with van der Waals surface area (Å²) in [5.41, 5.74) is 3.08. The summed E-state index contributed by atoms with van der Waals surface area (Å²) in [5, 5.41) is 10.5. The molecule has 5 nitrogen and oxygen atoms in total. The highest BCUT2D eigenvalue weighted by molar-refractivity contribution is 6.07. The second kappa shape index (κ2) is 5.70. The highest BCUT2D eigenvalue weighted by Gasteiger charge is 2.17. The Morgan fingerprint density at radius 3 is 2.71 bits per heavy atom. The van der Waals surface area contributed by atoms with E-state index in [2.05, 4.69) is 16.0 Å². The first-order valence-electron chi connectivity index (χ1n) is 7.67. The first-order chi connectivity index (χ1) is 11.7. The molecule has 0 aromatic heterocycles. The van der Waals surface area contributed by atoms with Crippen LogP contribution in [0.2, 0.25) is 0 Å². The van der Waals surface area contributed by atoms with Crippen LogP contribution in [-0.4, -0.2) is 11.9 Å². The number of fused-ring (bicyclic) bond motifs is 2. The van der Waals surface area contributed by atoms with E-state index >= 15 is 0 Å². The highest BCUT2D eigenvalue weighted by Crippen LogP contribution is 2.27. The molecular formula is C19H15N3O2. The fraction of sp³-hybridized carbons (Fsp3) is 0.0526. The summed E-state index contributed by atoms with van der Waals surface area (Å²) in [6.45, 7) is 0. The Balaban J connectivity index is 1.53. The van der Waals surface area contributed by atoms with Gasteiger partial charge >= 0.3 is 6.03 Å². The van der Waals surface area contributed by atoms with Crippen molar-refractivity contribution in [2.24, 2.45) is 0 Å². The van der Waals surface area contributed by atoms with Crippen molar-refractivity contribution in [3.63, 3.8) is 0 Å². The van der Waals surface area contributed by atoms with Gasteiger partial charge in [0.2, 0.25) is 5.91 Å². The normalized spacial score (nSPS) is 12.6. The Morgan fingerprint density at radius 2 is 1.79 bits per heavy atom. The molecule has 0 saturated heterocycles. The van der Waals surface area contributed by atoms with Crippen molar-refractivity contribution >= 4 is 39.8 Å². The molecule has 4 rings (SSSR count). The molecule has 0 saturated carbocycles. The van der Waals surface area contributed by atoms with Gasteiger partial charge in [0.1, 0.15) is 0 Å². The monoisotopic (exact) mass is 317 g/mol. The molecule has 3 aromatic carbocycles. The molecule has 3 amide bonds. The summed E-state index contributed by atoms with van der Waals surface area (Å²) in [6, 6.07) is 18.7. The first-order valence-corrected chi connectivity index (χ1v) is 7.67. The van der Waals surface area contributed by atoms with E-state index < -0.39 is 0 Å². The minimum Gasteiger partial charge on any atom is -0.325 e. The molecular weight excluding hydrogens is 302 g/mol. The third-order valence-electron chi connectivity index (χ3n) is 4.03. The van der Waals surface area contributed by atoms with Gasteiger partial charge in [0.25, 0.3) is 0 Å². The quantitative estimate of drug-likeness (QED) is 0.669. The molecule has 3 N–H and O–H groups in total. The molecule has 3 aromatic rings. The fourth-order valence-electron chi connectivity index (χ4n) is 2.91. The molecule has 118 valence electrons. The number of amides is 3. The molecule has 24 heavy (non-hydrogen) atoms. The molecule has 0 bridgehead atoms. The van der Waals surface area contributed by atoms with Gasteiger partial charge in [-0.25, -0.2) is 4.79 Å². The Labute approximate surface area is 138 Å². The number of nitrogens with one attached hydrogen (secondary N) is 3. The summed E-state index contributed by atoms with van der Waals surface area (Å²) >= 11 is 0. The van der Waals surface area contributed by atoms with Crippen LogP contribution in [0.4, 0.5) is 21.9 Å². The fourth-order valence-corrected chi connectivity index (χ4v) is 2.91. The standard InChI is InChI=1S/C19H15N3O2/c23-18-10-13-8-9-14(11-17(13)21-18)20-19(24)22-16-7-3-5-12-4-1-2-6-15(12)16/h1-9,11H,10H2,(H,21,23)(H2,20,22,24). The van der Waals surface area contributed by atoms with Gasteiger partial charge in [-0.3, -0.25) is 4.79 Å². The van der Waals surface area contributed by atoms with Crippen LogP contribution in [0.5, 0.6) is 0 Å². The lowest BCUT2D eigenvalue weighted by molar-refractivity contribution is -0.115. The van der Waals surface area contributed by atoms with Crippen molar-refractivity contribution in [2.45, 2.75) is 6.42 Å². The molecule has 0 fully saturated rings. The van der Waals surface area contributed by atoms with Gasteiger partial charge in [-0.15, -0.1) is 0 Å². The number of hydrogen-bond donors (Lipinski definition) is 3. The highest BCUT2D eigenvalue weighted by atomic mass is 16.2. The average Bonchev–Trinajstić information content (AvgIpc) is 2.94. The van der Waals surface area contributed by atoms with Crippen LogP contribution in [0, 0.1) is 0 Å². The maximum Gasteiger partial charge on any atom is 0.323 e. The number of urea groups is 1. The lowest BCUT2D eigenvalue weighted by Gasteiger charge is -2.11. The Morgan fingerprint density at radius 1 is 0.958 bits per heavy atom. The maximum atomic E-state index is 12.3. The Bertz CT molecular complexity index is 960. The van der Waals surface area contributed by atoms with E-state index in [1.54, 1.807) is 12.1 Å². The second-order valence-electron chi connectivity index (χ2n) is 5.70. The lowest BCUT2D eigenvalue weighted by Crippen LogP contribution is -2.19. The molecule has 0 atom stereocenters. The number of benzene rings is 3. The zero-order valence-corrected chi connectivity index (χ0v) is 12.8. The zero-order valence-electron chi connectivity index (χ0n) is 12.8. The third-order valence-corrected chi connectivity index (χ3v) is 4.03. The van der Waals surface area contributed by atoms with Crippen LogP contribution in [0.1, 0.15) is 5.56 Å². The van der Waals surface area contributed by atoms with E-state index in [0.717, 1.165) is 27.7 Å². The van der Waals surface area contributed by atoms with Gasteiger partial charge in [0, 0.05) is 16.8 Å². The predicted octanol–water partition coefficient (Wildman–Crippen LogP) is 3.98. The van der Waals surface area contributed by atoms with Crippen LogP contribution in [0.3, 0.4) is 0 Å². The summed E-state index contributed by atoms with van der Waals surface area (Å²) in [5.74, 6) is -0.0256. The largest absolute Gasteiger partial charge is 0.325 e. The van der Waals surface area contributed by atoms with E-state index in [9.17, 15) is 9.59 Å². The summed E-state index contributed by atoms with van der Waals surface area (Å²) in [7, 11) is 0. The van der Waals surface area contributed by atoms with Crippen molar-refractivity contribution in [3.8, 4) is 0 Å². The maximum absolute atomic E-state index is 12.3. The third kappa shape index (κ3) is 2.67. The molecule has 0 radical (unpaired) electrons. The minimum atomic E-state index is -0.323. The lowest BCUT2D eigenvalue weighted by atomic mass is 10.1. The van der Waals surface area contributed by atoms with Crippen molar-refractivity contribution in [1.29, 1.82) is 0 Å². The van der Waals surface area contributed by atoms with E-state index in [1.807, 2.05) is 48.5 Å². The number of carbonyl (C=O) groups is 2. The number of carbonyl (C=O) groups excluding carboxylic acids is 2. The zero-order chi connectivity index (χ0) is 16.5. The van der Waals surface area contributed by atoms with E-state index in [1.165, 1.54) is 0 Å². The molecule has 0 unspecified atom stereocenters. The van der Waals surface area contributed by atoms with Gasteiger partial charge in [0.15, 0.2) is 0 Å². The summed E-state index contributed by atoms with van der Waals surface area (Å²) < 4.78 is 0. The Kier molecular flexibility index (Phi) is 3.39. The van der Waals surface area contributed by atoms with Gasteiger partial charge in [-0.1, -0.05) is 42.5 Å². The van der Waals surface area contributed by atoms with Crippen molar-refractivity contribution < 1.29 is 9.59 Å². The molecule has 0 spiro atoms. The minimum absolute atomic E-state index is 0.0256. The topological polar surface area (TPSA) is 70.2 Å². The number of anilines is 3. The van der Waals surface area contributed by atoms with Crippen LogP contribution in [-0.2, 0) is 11.2 Å². The summed E-state index contributed by atoms with van der Waals surface area (Å²) in [4.78, 5) is 23.7. The van der Waals surface area contributed by atoms with Gasteiger partial charge < -0.3 is 16.0 Å². The molecule has 0 aliphatic carbocycles. The van der Waals surface area contributed by atoms with Crippen LogP contribution in [0.15, 0.2) is 60.7 Å². The first kappa shape index (κ1) is 14.3. The van der Waals surface area contributed by atoms with Crippen LogP contribution in [0.25, 0.3) is 10.8 Å². The van der Waals surface area contributed by atoms with Gasteiger partial charge in [0.05, 0.1) is 12.1 Å². The van der Waals surface area contributed by atoms with Crippen molar-refractivity contribution in [2.75, 3.05) is 16.0 Å². The SMILES string of the molecule is O=C1Cc2ccc(NC(=O)Nc3cccc4ccccc34)cc2N1.